The molecule has 2 unspecified atom stereocenters. The Labute approximate surface area is 114 Å². The van der Waals surface area contributed by atoms with Crippen molar-refractivity contribution in [3.05, 3.63) is 42.1 Å². The van der Waals surface area contributed by atoms with Gasteiger partial charge in [0.1, 0.15) is 0 Å². The summed E-state index contributed by atoms with van der Waals surface area (Å²) in [6.07, 6.45) is 4.86. The van der Waals surface area contributed by atoms with E-state index >= 15 is 0 Å². The number of rotatable bonds is 3. The minimum atomic E-state index is -0.532. The molecule has 2 atom stereocenters. The molecule has 1 fully saturated rings. The molecule has 1 aromatic heterocycles. The number of fused-ring (bicyclic) bond motifs is 1. The molecule has 19 heavy (non-hydrogen) atoms. The molecule has 100 valence electrons. The van der Waals surface area contributed by atoms with Crippen molar-refractivity contribution in [3.8, 4) is 0 Å². The molecule has 1 aromatic carbocycles. The van der Waals surface area contributed by atoms with Crippen LogP contribution >= 0.6 is 0 Å². The van der Waals surface area contributed by atoms with Gasteiger partial charge in [-0.2, -0.15) is 0 Å². The van der Waals surface area contributed by atoms with Crippen LogP contribution in [0.5, 0.6) is 0 Å². The third kappa shape index (κ3) is 2.64. The molecule has 2 heteroatoms. The minimum absolute atomic E-state index is 0.532. The zero-order valence-electron chi connectivity index (χ0n) is 11.5. The van der Waals surface area contributed by atoms with E-state index in [-0.39, 0.29) is 0 Å². The second kappa shape index (κ2) is 4.93. The minimum Gasteiger partial charge on any atom is -0.389 e. The molecule has 2 nitrogen and oxygen atoms in total. The van der Waals surface area contributed by atoms with Crippen LogP contribution in [0.2, 0.25) is 0 Å². The summed E-state index contributed by atoms with van der Waals surface area (Å²) in [7, 11) is 0. The predicted molar refractivity (Wildman–Crippen MR) is 78.0 cm³/mol. The number of aliphatic hydroxyl groups is 1. The standard InChI is InChI=1S/C17H21NO/c1-2-13-9-10-17(19,11-13)12-15-8-7-14-5-3-4-6-16(14)18-15/h3-8,13,19H,2,9-12H2,1H3. The van der Waals surface area contributed by atoms with E-state index in [9.17, 15) is 5.11 Å². The molecule has 0 amide bonds. The van der Waals surface area contributed by atoms with Crippen molar-refractivity contribution < 1.29 is 5.11 Å². The van der Waals surface area contributed by atoms with Crippen molar-refractivity contribution in [2.75, 3.05) is 0 Å². The van der Waals surface area contributed by atoms with E-state index < -0.39 is 5.60 Å². The second-order valence-electron chi connectivity index (χ2n) is 5.91. The van der Waals surface area contributed by atoms with Crippen LogP contribution in [-0.2, 0) is 6.42 Å². The van der Waals surface area contributed by atoms with Crippen molar-refractivity contribution in [1.82, 2.24) is 4.98 Å². The zero-order valence-corrected chi connectivity index (χ0v) is 11.5. The van der Waals surface area contributed by atoms with Crippen LogP contribution in [0.3, 0.4) is 0 Å². The van der Waals surface area contributed by atoms with Crippen LogP contribution in [0.15, 0.2) is 36.4 Å². The normalized spacial score (nSPS) is 26.9. The smallest absolute Gasteiger partial charge is 0.0705 e. The maximum absolute atomic E-state index is 10.7. The summed E-state index contributed by atoms with van der Waals surface area (Å²) in [5.41, 5.74) is 1.50. The molecule has 1 aliphatic carbocycles. The van der Waals surface area contributed by atoms with E-state index in [1.54, 1.807) is 0 Å². The third-order valence-corrected chi connectivity index (χ3v) is 4.43. The molecule has 0 aliphatic heterocycles. The fourth-order valence-corrected chi connectivity index (χ4v) is 3.27. The third-order valence-electron chi connectivity index (χ3n) is 4.43. The van der Waals surface area contributed by atoms with E-state index in [4.69, 9.17) is 0 Å². The Morgan fingerprint density at radius 3 is 2.89 bits per heavy atom. The predicted octanol–water partition coefficient (Wildman–Crippen LogP) is 3.72. The summed E-state index contributed by atoms with van der Waals surface area (Å²) in [4.78, 5) is 4.67. The highest BCUT2D eigenvalue weighted by Crippen LogP contribution is 2.38. The van der Waals surface area contributed by atoms with Gasteiger partial charge in [0.2, 0.25) is 0 Å². The van der Waals surface area contributed by atoms with Crippen LogP contribution in [0.1, 0.15) is 38.3 Å². The van der Waals surface area contributed by atoms with Gasteiger partial charge in [0.05, 0.1) is 11.1 Å². The Bertz CT molecular complexity index is 580. The number of pyridine rings is 1. The topological polar surface area (TPSA) is 33.1 Å². The highest BCUT2D eigenvalue weighted by atomic mass is 16.3. The molecule has 3 rings (SSSR count). The van der Waals surface area contributed by atoms with Crippen molar-refractivity contribution in [3.63, 3.8) is 0 Å². The molecular formula is C17H21NO. The van der Waals surface area contributed by atoms with Gasteiger partial charge in [-0.05, 0) is 37.3 Å². The van der Waals surface area contributed by atoms with Gasteiger partial charge in [-0.25, -0.2) is 0 Å². The van der Waals surface area contributed by atoms with Gasteiger partial charge in [-0.3, -0.25) is 4.98 Å². The first-order valence-corrected chi connectivity index (χ1v) is 7.25. The van der Waals surface area contributed by atoms with Crippen LogP contribution in [0.25, 0.3) is 10.9 Å². The van der Waals surface area contributed by atoms with E-state index in [1.165, 1.54) is 6.42 Å². The van der Waals surface area contributed by atoms with Crippen molar-refractivity contribution >= 4 is 10.9 Å². The van der Waals surface area contributed by atoms with Crippen molar-refractivity contribution in [1.29, 1.82) is 0 Å². The lowest BCUT2D eigenvalue weighted by Crippen LogP contribution is -2.28. The van der Waals surface area contributed by atoms with Gasteiger partial charge in [0, 0.05) is 17.5 Å². The number of para-hydroxylation sites is 1. The van der Waals surface area contributed by atoms with Gasteiger partial charge in [-0.15, -0.1) is 0 Å². The van der Waals surface area contributed by atoms with Crippen LogP contribution in [0, 0.1) is 5.92 Å². The molecule has 0 saturated heterocycles. The van der Waals surface area contributed by atoms with E-state index in [2.05, 4.69) is 30.1 Å². The van der Waals surface area contributed by atoms with Crippen LogP contribution in [-0.4, -0.2) is 15.7 Å². The maximum Gasteiger partial charge on any atom is 0.0705 e. The molecular weight excluding hydrogens is 234 g/mol. The van der Waals surface area contributed by atoms with E-state index in [0.717, 1.165) is 35.9 Å². The Morgan fingerprint density at radius 1 is 1.26 bits per heavy atom. The number of hydrogen-bond acceptors (Lipinski definition) is 2. The summed E-state index contributed by atoms with van der Waals surface area (Å²) in [5, 5.41) is 11.8. The van der Waals surface area contributed by atoms with E-state index in [1.807, 2.05) is 18.2 Å². The van der Waals surface area contributed by atoms with E-state index in [0.29, 0.717) is 12.3 Å². The fraction of sp³-hybridized carbons (Fsp3) is 0.471. The Morgan fingerprint density at radius 2 is 2.11 bits per heavy atom. The number of hydrogen-bond donors (Lipinski definition) is 1. The molecule has 1 aliphatic rings. The second-order valence-corrected chi connectivity index (χ2v) is 5.91. The lowest BCUT2D eigenvalue weighted by atomic mass is 9.93. The SMILES string of the molecule is CCC1CCC(O)(Cc2ccc3ccccc3n2)C1. The van der Waals surface area contributed by atoms with Crippen molar-refractivity contribution in [2.45, 2.75) is 44.6 Å². The summed E-state index contributed by atoms with van der Waals surface area (Å²) in [6, 6.07) is 12.3. The first-order chi connectivity index (χ1) is 9.18. The fourth-order valence-electron chi connectivity index (χ4n) is 3.27. The Balaban J connectivity index is 1.81. The summed E-state index contributed by atoms with van der Waals surface area (Å²) >= 11 is 0. The number of benzene rings is 1. The molecule has 2 aromatic rings. The molecule has 0 bridgehead atoms. The zero-order chi connectivity index (χ0) is 13.3. The summed E-state index contributed by atoms with van der Waals surface area (Å²) < 4.78 is 0. The first-order valence-electron chi connectivity index (χ1n) is 7.25. The molecule has 1 saturated carbocycles. The Kier molecular flexibility index (Phi) is 3.28. The average molecular weight is 255 g/mol. The quantitative estimate of drug-likeness (QED) is 0.906. The van der Waals surface area contributed by atoms with Crippen molar-refractivity contribution in [2.24, 2.45) is 5.92 Å². The molecule has 1 heterocycles. The number of aromatic nitrogens is 1. The highest BCUT2D eigenvalue weighted by molar-refractivity contribution is 5.78. The monoisotopic (exact) mass is 255 g/mol. The highest BCUT2D eigenvalue weighted by Gasteiger charge is 2.36. The maximum atomic E-state index is 10.7. The average Bonchev–Trinajstić information content (AvgIpc) is 2.80. The van der Waals surface area contributed by atoms with Gasteiger partial charge in [0.25, 0.3) is 0 Å². The van der Waals surface area contributed by atoms with Crippen LogP contribution < -0.4 is 0 Å². The van der Waals surface area contributed by atoms with Gasteiger partial charge in [0.15, 0.2) is 0 Å². The largest absolute Gasteiger partial charge is 0.389 e. The summed E-state index contributed by atoms with van der Waals surface area (Å²) in [5.74, 6) is 0.686. The Hall–Kier alpha value is -1.41. The van der Waals surface area contributed by atoms with Crippen LogP contribution in [0.4, 0.5) is 0 Å². The first kappa shape index (κ1) is 12.6. The molecule has 0 radical (unpaired) electrons. The van der Waals surface area contributed by atoms with Gasteiger partial charge >= 0.3 is 0 Å². The van der Waals surface area contributed by atoms with Gasteiger partial charge < -0.3 is 5.11 Å². The van der Waals surface area contributed by atoms with Gasteiger partial charge in [-0.1, -0.05) is 37.6 Å². The molecule has 0 spiro atoms. The number of nitrogens with zero attached hydrogens (tertiary/aromatic N) is 1. The summed E-state index contributed by atoms with van der Waals surface area (Å²) in [6.45, 7) is 2.21. The lowest BCUT2D eigenvalue weighted by Gasteiger charge is -2.22. The lowest BCUT2D eigenvalue weighted by molar-refractivity contribution is 0.0428. The molecule has 1 N–H and O–H groups in total.